The number of hydrogen-bond donors (Lipinski definition) is 0. The lowest BCUT2D eigenvalue weighted by Crippen LogP contribution is -2.58. The zero-order valence-corrected chi connectivity index (χ0v) is 52.5. The summed E-state index contributed by atoms with van der Waals surface area (Å²) in [5, 5.41) is 0. The SMILES string of the molecule is C/C=C\C(=C/C)N(c1ccccc1)c1ccc(B2c3cc(C(C)(C)C)ccc3N(c3ccc(-c4ccc5c(c4)C4=C(C5)C(C)CC=C4)cc3)c3cc(C(C)(C)C)cc(N(C)c4ccc(C(C)(C)C)cc4-c4ccc(C(C)(C)C)cc4)c32)cc1. The van der Waals surface area contributed by atoms with Crippen LogP contribution in [0.1, 0.15) is 144 Å². The van der Waals surface area contributed by atoms with Gasteiger partial charge in [-0.25, -0.2) is 0 Å². The molecule has 83 heavy (non-hydrogen) atoms. The van der Waals surface area contributed by atoms with E-state index in [1.807, 2.05) is 0 Å². The lowest BCUT2D eigenvalue weighted by Gasteiger charge is -2.41. The maximum Gasteiger partial charge on any atom is 0.249 e. The molecule has 1 unspecified atom stereocenters. The van der Waals surface area contributed by atoms with Gasteiger partial charge >= 0.3 is 0 Å². The summed E-state index contributed by atoms with van der Waals surface area (Å²) in [6.45, 7) is 34.5. The number of nitrogens with zero attached hydrogens (tertiary/aromatic N) is 3. The average Bonchev–Trinajstić information content (AvgIpc) is 1.48. The van der Waals surface area contributed by atoms with Gasteiger partial charge in [-0.2, -0.15) is 0 Å². The molecular weight excluding hydrogens is 1000 g/mol. The van der Waals surface area contributed by atoms with E-state index in [9.17, 15) is 0 Å². The Morgan fingerprint density at radius 1 is 0.542 bits per heavy atom. The lowest BCUT2D eigenvalue weighted by atomic mass is 9.34. The van der Waals surface area contributed by atoms with Crippen molar-refractivity contribution in [3.63, 3.8) is 0 Å². The molecule has 0 amide bonds. The number of allylic oxidation sites excluding steroid dienone is 7. The first kappa shape index (κ1) is 57.0. The van der Waals surface area contributed by atoms with Gasteiger partial charge in [0.2, 0.25) is 6.71 Å². The summed E-state index contributed by atoms with van der Waals surface area (Å²) in [4.78, 5) is 7.48. The van der Waals surface area contributed by atoms with Gasteiger partial charge in [-0.1, -0.05) is 222 Å². The third kappa shape index (κ3) is 10.9. The Labute approximate surface area is 498 Å². The molecule has 8 aromatic rings. The van der Waals surface area contributed by atoms with E-state index < -0.39 is 0 Å². The molecule has 0 N–H and O–H groups in total. The Hall–Kier alpha value is -7.82. The van der Waals surface area contributed by atoms with E-state index >= 15 is 0 Å². The summed E-state index contributed by atoms with van der Waals surface area (Å²) in [6.07, 6.45) is 13.5. The lowest BCUT2D eigenvalue weighted by molar-refractivity contribution is 0.589. The first-order valence-electron chi connectivity index (χ1n) is 30.4. The highest BCUT2D eigenvalue weighted by molar-refractivity contribution is 6.99. The first-order chi connectivity index (χ1) is 39.4. The van der Waals surface area contributed by atoms with Gasteiger partial charge in [0.25, 0.3) is 0 Å². The quantitative estimate of drug-likeness (QED) is 0.0998. The fourth-order valence-corrected chi connectivity index (χ4v) is 12.9. The maximum atomic E-state index is 2.59. The van der Waals surface area contributed by atoms with Crippen molar-refractivity contribution in [1.29, 1.82) is 0 Å². The molecule has 0 aromatic heterocycles. The van der Waals surface area contributed by atoms with Gasteiger partial charge in [-0.3, -0.25) is 0 Å². The Morgan fingerprint density at radius 3 is 1.78 bits per heavy atom. The molecule has 3 nitrogen and oxygen atoms in total. The van der Waals surface area contributed by atoms with Gasteiger partial charge in [0, 0.05) is 58.1 Å². The highest BCUT2D eigenvalue weighted by atomic mass is 15.2. The molecule has 0 radical (unpaired) electrons. The molecule has 0 saturated heterocycles. The molecular formula is C79H86BN3. The number of hydrogen-bond acceptors (Lipinski definition) is 3. The summed E-state index contributed by atoms with van der Waals surface area (Å²) in [5.74, 6) is 0.587. The number of fused-ring (bicyclic) bond motifs is 4. The molecule has 1 atom stereocenters. The molecule has 2 aliphatic carbocycles. The molecule has 8 aromatic carbocycles. The van der Waals surface area contributed by atoms with Crippen molar-refractivity contribution in [2.45, 2.75) is 138 Å². The van der Waals surface area contributed by atoms with Crippen LogP contribution in [0.25, 0.3) is 27.8 Å². The third-order valence-electron chi connectivity index (χ3n) is 18.0. The molecule has 0 saturated carbocycles. The summed E-state index contributed by atoms with van der Waals surface area (Å²) in [6, 6.07) is 65.8. The van der Waals surface area contributed by atoms with Gasteiger partial charge in [-0.15, -0.1) is 0 Å². The minimum Gasteiger partial charge on any atom is -0.344 e. The van der Waals surface area contributed by atoms with Gasteiger partial charge in [0.05, 0.1) is 0 Å². The summed E-state index contributed by atoms with van der Waals surface area (Å²) in [5.41, 5.74) is 28.8. The van der Waals surface area contributed by atoms with Crippen molar-refractivity contribution in [2.24, 2.45) is 5.92 Å². The van der Waals surface area contributed by atoms with E-state index in [1.54, 1.807) is 5.57 Å². The Bertz CT molecular complexity index is 3860. The largest absolute Gasteiger partial charge is 0.344 e. The number of anilines is 7. The predicted molar refractivity (Wildman–Crippen MR) is 363 cm³/mol. The van der Waals surface area contributed by atoms with Crippen LogP contribution in [0.3, 0.4) is 0 Å². The topological polar surface area (TPSA) is 9.72 Å². The Kier molecular flexibility index (Phi) is 14.9. The molecule has 3 aliphatic rings. The minimum absolute atomic E-state index is 0.0389. The van der Waals surface area contributed by atoms with Crippen LogP contribution in [-0.4, -0.2) is 13.8 Å². The van der Waals surface area contributed by atoms with Crippen molar-refractivity contribution in [2.75, 3.05) is 21.7 Å². The van der Waals surface area contributed by atoms with Crippen LogP contribution in [0.4, 0.5) is 39.8 Å². The maximum absolute atomic E-state index is 2.59. The van der Waals surface area contributed by atoms with Gasteiger partial charge in [0.15, 0.2) is 0 Å². The monoisotopic (exact) mass is 1090 g/mol. The van der Waals surface area contributed by atoms with Gasteiger partial charge in [0.1, 0.15) is 0 Å². The smallest absolute Gasteiger partial charge is 0.249 e. The predicted octanol–water partition coefficient (Wildman–Crippen LogP) is 19.8. The number of rotatable bonds is 10. The second-order valence-electron chi connectivity index (χ2n) is 27.9. The molecule has 0 spiro atoms. The number of para-hydroxylation sites is 1. The second-order valence-corrected chi connectivity index (χ2v) is 27.9. The van der Waals surface area contributed by atoms with Crippen LogP contribution in [0.15, 0.2) is 212 Å². The van der Waals surface area contributed by atoms with Gasteiger partial charge < -0.3 is 14.7 Å². The van der Waals surface area contributed by atoms with E-state index in [0.29, 0.717) is 5.92 Å². The van der Waals surface area contributed by atoms with Crippen LogP contribution in [0.2, 0.25) is 0 Å². The molecule has 1 heterocycles. The zero-order chi connectivity index (χ0) is 58.9. The standard InChI is InChI=1S/C79H86BN3/c1-17-23-62(18-2)82(63-25-20-19-21-26-63)64-42-38-61(39-43-64)80-70-49-59(78(10,11)12)37-45-72(70)83(65-40-32-53(33-41-65)55-28-29-56-47-67-52(3)24-22-27-66(67)68(56)46-55)74-51-60(79(13,14)15)50-73(75(74)80)81(16)71-44-36-58(77(7,8)9)48-69(71)54-30-34-57(35-31-54)76(4,5)6/h17-23,25-46,48-52H,24,47H2,1-16H3/b23-17-,62-18+. The summed E-state index contributed by atoms with van der Waals surface area (Å²) < 4.78 is 0. The Morgan fingerprint density at radius 2 is 1.14 bits per heavy atom. The third-order valence-corrected chi connectivity index (χ3v) is 18.0. The van der Waals surface area contributed by atoms with Crippen molar-refractivity contribution >= 4 is 68.5 Å². The normalized spacial score (nSPS) is 15.4. The molecule has 0 bridgehead atoms. The molecule has 11 rings (SSSR count). The molecule has 1 aliphatic heterocycles. The average molecular weight is 1090 g/mol. The molecule has 0 fully saturated rings. The minimum atomic E-state index is -0.179. The van der Waals surface area contributed by atoms with Crippen LogP contribution < -0.4 is 31.1 Å². The number of benzene rings is 8. The molecule has 4 heteroatoms. The fraction of sp³-hybridized carbons (Fsp3) is 0.291. The fourth-order valence-electron chi connectivity index (χ4n) is 12.9. The van der Waals surface area contributed by atoms with Crippen molar-refractivity contribution in [1.82, 2.24) is 0 Å². The highest BCUT2D eigenvalue weighted by Gasteiger charge is 2.41. The summed E-state index contributed by atoms with van der Waals surface area (Å²) in [7, 11) is 2.32. The van der Waals surface area contributed by atoms with Crippen LogP contribution in [0.5, 0.6) is 0 Å². The van der Waals surface area contributed by atoms with Crippen LogP contribution in [0, 0.1) is 5.92 Å². The van der Waals surface area contributed by atoms with E-state index in [2.05, 4.69) is 326 Å². The van der Waals surface area contributed by atoms with E-state index in [0.717, 1.165) is 35.6 Å². The van der Waals surface area contributed by atoms with Crippen molar-refractivity contribution in [3.8, 4) is 22.3 Å². The summed E-state index contributed by atoms with van der Waals surface area (Å²) >= 11 is 0. The van der Waals surface area contributed by atoms with Crippen LogP contribution in [-0.2, 0) is 28.1 Å². The van der Waals surface area contributed by atoms with E-state index in [-0.39, 0.29) is 28.4 Å². The molecule has 420 valence electrons. The highest BCUT2D eigenvalue weighted by Crippen LogP contribution is 2.47. The van der Waals surface area contributed by atoms with Crippen molar-refractivity contribution in [3.05, 3.63) is 245 Å². The second kappa shape index (κ2) is 21.7. The van der Waals surface area contributed by atoms with Crippen molar-refractivity contribution < 1.29 is 0 Å². The van der Waals surface area contributed by atoms with E-state index in [1.165, 1.54) is 100 Å². The Balaban J connectivity index is 1.16. The van der Waals surface area contributed by atoms with E-state index in [4.69, 9.17) is 0 Å². The van der Waals surface area contributed by atoms with Crippen LogP contribution >= 0.6 is 0 Å². The first-order valence-corrected chi connectivity index (χ1v) is 30.4. The van der Waals surface area contributed by atoms with Gasteiger partial charge in [-0.05, 0) is 200 Å². The zero-order valence-electron chi connectivity index (χ0n) is 52.5.